The van der Waals surface area contributed by atoms with Crippen molar-refractivity contribution in [2.45, 2.75) is 32.6 Å². The second-order valence-corrected chi connectivity index (χ2v) is 8.12. The lowest BCUT2D eigenvalue weighted by atomic mass is 9.81. The van der Waals surface area contributed by atoms with Crippen molar-refractivity contribution in [2.24, 2.45) is 23.2 Å². The lowest BCUT2D eigenvalue weighted by Gasteiger charge is -2.23. The van der Waals surface area contributed by atoms with Gasteiger partial charge in [0.05, 0.1) is 5.41 Å². The molecule has 3 fully saturated rings. The molecular weight excluding hydrogens is 332 g/mol. The van der Waals surface area contributed by atoms with E-state index in [1.165, 1.54) is 0 Å². The van der Waals surface area contributed by atoms with E-state index in [9.17, 15) is 19.5 Å². The fourth-order valence-corrected chi connectivity index (χ4v) is 4.59. The van der Waals surface area contributed by atoms with Gasteiger partial charge in [-0.3, -0.25) is 14.4 Å². The fraction of sp³-hybridized carbons (Fsp3) is 0.550. The molecule has 26 heavy (non-hydrogen) atoms. The Morgan fingerprint density at radius 3 is 2.50 bits per heavy atom. The Morgan fingerprint density at radius 2 is 1.92 bits per heavy atom. The molecule has 2 N–H and O–H groups in total. The maximum atomic E-state index is 12.8. The average Bonchev–Trinajstić information content (AvgIpc) is 3.04. The Labute approximate surface area is 152 Å². The average molecular weight is 356 g/mol. The first kappa shape index (κ1) is 17.1. The highest BCUT2D eigenvalue weighted by molar-refractivity contribution is 5.97. The molecule has 1 aromatic carbocycles. The Balaban J connectivity index is 1.42. The van der Waals surface area contributed by atoms with Crippen LogP contribution in [0.2, 0.25) is 0 Å². The highest BCUT2D eigenvalue weighted by Crippen LogP contribution is 2.49. The van der Waals surface area contributed by atoms with Gasteiger partial charge in [0, 0.05) is 30.3 Å². The standard InChI is InChI=1S/C20H24N2O4/c1-12-9-16(12)17(23)21-15-6-4-13(5-7-15)18(24)22-10-14-3-2-8-20(14,11-22)19(25)26/h4-7,12,14,16H,2-3,8-11H2,1H3,(H,21,23)(H,25,26)/t12?,14-,16?,20+/m0/s1. The van der Waals surface area contributed by atoms with E-state index in [4.69, 9.17) is 0 Å². The first-order chi connectivity index (χ1) is 12.4. The van der Waals surface area contributed by atoms with Crippen molar-refractivity contribution < 1.29 is 19.5 Å². The molecule has 2 aliphatic carbocycles. The van der Waals surface area contributed by atoms with Gasteiger partial charge >= 0.3 is 5.97 Å². The van der Waals surface area contributed by atoms with Crippen molar-refractivity contribution in [3.8, 4) is 0 Å². The summed E-state index contributed by atoms with van der Waals surface area (Å²) in [5, 5.41) is 12.5. The molecule has 1 aromatic rings. The molecule has 6 heteroatoms. The fourth-order valence-electron chi connectivity index (χ4n) is 4.59. The third kappa shape index (κ3) is 2.77. The third-order valence-corrected chi connectivity index (χ3v) is 6.43. The molecule has 1 saturated heterocycles. The smallest absolute Gasteiger partial charge is 0.311 e. The molecule has 138 valence electrons. The number of hydrogen-bond acceptors (Lipinski definition) is 3. The number of hydrogen-bond donors (Lipinski definition) is 2. The number of rotatable bonds is 4. The number of nitrogens with one attached hydrogen (secondary N) is 1. The number of amides is 2. The molecule has 0 aromatic heterocycles. The largest absolute Gasteiger partial charge is 0.481 e. The highest BCUT2D eigenvalue weighted by atomic mass is 16.4. The Bertz CT molecular complexity index is 760. The van der Waals surface area contributed by atoms with E-state index in [2.05, 4.69) is 12.2 Å². The SMILES string of the molecule is CC1CC1C(=O)Nc1ccc(C(=O)N2C[C@@H]3CCC[C@@]3(C(=O)O)C2)cc1. The normalized spacial score (nSPS) is 32.2. The molecule has 2 amide bonds. The maximum Gasteiger partial charge on any atom is 0.311 e. The topological polar surface area (TPSA) is 86.7 Å². The van der Waals surface area contributed by atoms with Gasteiger partial charge < -0.3 is 15.3 Å². The minimum absolute atomic E-state index is 0.0346. The first-order valence-corrected chi connectivity index (χ1v) is 9.34. The maximum absolute atomic E-state index is 12.8. The molecule has 2 saturated carbocycles. The number of nitrogens with zero attached hydrogens (tertiary/aromatic N) is 1. The van der Waals surface area contributed by atoms with Crippen LogP contribution in [0.4, 0.5) is 5.69 Å². The summed E-state index contributed by atoms with van der Waals surface area (Å²) in [6.45, 7) is 2.87. The van der Waals surface area contributed by atoms with Crippen LogP contribution in [-0.2, 0) is 9.59 Å². The van der Waals surface area contributed by atoms with Crippen molar-refractivity contribution in [3.05, 3.63) is 29.8 Å². The number of aliphatic carboxylic acids is 1. The van der Waals surface area contributed by atoms with Crippen molar-refractivity contribution >= 4 is 23.5 Å². The predicted molar refractivity (Wildman–Crippen MR) is 95.7 cm³/mol. The molecule has 1 aliphatic heterocycles. The van der Waals surface area contributed by atoms with Crippen LogP contribution in [0.1, 0.15) is 43.0 Å². The molecule has 6 nitrogen and oxygen atoms in total. The minimum atomic E-state index is -0.775. The molecule has 4 atom stereocenters. The van der Waals surface area contributed by atoms with Gasteiger partial charge in [-0.1, -0.05) is 13.3 Å². The lowest BCUT2D eigenvalue weighted by molar-refractivity contribution is -0.149. The molecule has 4 rings (SSSR count). The summed E-state index contributed by atoms with van der Waals surface area (Å²) in [5.74, 6) is -0.258. The zero-order valence-electron chi connectivity index (χ0n) is 14.9. The second-order valence-electron chi connectivity index (χ2n) is 8.12. The van der Waals surface area contributed by atoms with Crippen LogP contribution >= 0.6 is 0 Å². The van der Waals surface area contributed by atoms with Crippen LogP contribution in [0.25, 0.3) is 0 Å². The Morgan fingerprint density at radius 1 is 1.23 bits per heavy atom. The van der Waals surface area contributed by atoms with Gasteiger partial charge in [0.2, 0.25) is 5.91 Å². The summed E-state index contributed by atoms with van der Waals surface area (Å²) in [5.41, 5.74) is 0.458. The molecule has 2 unspecified atom stereocenters. The summed E-state index contributed by atoms with van der Waals surface area (Å²) in [4.78, 5) is 38.2. The van der Waals surface area contributed by atoms with Crippen molar-refractivity contribution in [1.29, 1.82) is 0 Å². The van der Waals surface area contributed by atoms with E-state index < -0.39 is 11.4 Å². The summed E-state index contributed by atoms with van der Waals surface area (Å²) >= 11 is 0. The summed E-state index contributed by atoms with van der Waals surface area (Å²) in [6, 6.07) is 6.88. The number of fused-ring (bicyclic) bond motifs is 1. The van der Waals surface area contributed by atoms with Gasteiger partial charge in [-0.05, 0) is 55.4 Å². The molecule has 0 spiro atoms. The van der Waals surface area contributed by atoms with Gasteiger partial charge in [0.15, 0.2) is 0 Å². The Kier molecular flexibility index (Phi) is 4.01. The van der Waals surface area contributed by atoms with E-state index in [0.717, 1.165) is 19.3 Å². The molecule has 0 bridgehead atoms. The zero-order valence-corrected chi connectivity index (χ0v) is 14.9. The van der Waals surface area contributed by atoms with E-state index >= 15 is 0 Å². The van der Waals surface area contributed by atoms with E-state index in [1.54, 1.807) is 29.2 Å². The lowest BCUT2D eigenvalue weighted by Crippen LogP contribution is -2.37. The summed E-state index contributed by atoms with van der Waals surface area (Å²) < 4.78 is 0. The van der Waals surface area contributed by atoms with Crippen LogP contribution in [0.15, 0.2) is 24.3 Å². The quantitative estimate of drug-likeness (QED) is 0.868. The number of carboxylic acid groups (broad SMARTS) is 1. The summed E-state index contributed by atoms with van der Waals surface area (Å²) in [6.07, 6.45) is 3.39. The van der Waals surface area contributed by atoms with Crippen LogP contribution in [-0.4, -0.2) is 40.9 Å². The zero-order chi connectivity index (χ0) is 18.5. The Hall–Kier alpha value is -2.37. The number of carbonyl (C=O) groups excluding carboxylic acids is 2. The van der Waals surface area contributed by atoms with Crippen LogP contribution in [0, 0.1) is 23.2 Å². The molecular formula is C20H24N2O4. The van der Waals surface area contributed by atoms with Crippen molar-refractivity contribution in [2.75, 3.05) is 18.4 Å². The monoisotopic (exact) mass is 356 g/mol. The van der Waals surface area contributed by atoms with E-state index in [-0.39, 0.29) is 23.7 Å². The van der Waals surface area contributed by atoms with Gasteiger partial charge in [-0.25, -0.2) is 0 Å². The molecule has 1 heterocycles. The molecule has 0 radical (unpaired) electrons. The number of carbonyl (C=O) groups is 3. The number of anilines is 1. The van der Waals surface area contributed by atoms with Gasteiger partial charge in [0.25, 0.3) is 5.91 Å². The van der Waals surface area contributed by atoms with Crippen LogP contribution in [0.5, 0.6) is 0 Å². The van der Waals surface area contributed by atoms with E-state index in [1.807, 2.05) is 0 Å². The van der Waals surface area contributed by atoms with Crippen LogP contribution < -0.4 is 5.32 Å². The second kappa shape index (κ2) is 6.11. The van der Waals surface area contributed by atoms with Gasteiger partial charge in [-0.15, -0.1) is 0 Å². The van der Waals surface area contributed by atoms with Crippen LogP contribution in [0.3, 0.4) is 0 Å². The minimum Gasteiger partial charge on any atom is -0.481 e. The number of carboxylic acids is 1. The van der Waals surface area contributed by atoms with Crippen molar-refractivity contribution in [3.63, 3.8) is 0 Å². The third-order valence-electron chi connectivity index (χ3n) is 6.43. The highest BCUT2D eigenvalue weighted by Gasteiger charge is 2.55. The number of likely N-dealkylation sites (tertiary alicyclic amines) is 1. The number of benzene rings is 1. The van der Waals surface area contributed by atoms with E-state index in [0.29, 0.717) is 36.7 Å². The predicted octanol–water partition coefficient (Wildman–Crippen LogP) is 2.61. The van der Waals surface area contributed by atoms with Gasteiger partial charge in [0.1, 0.15) is 0 Å². The summed E-state index contributed by atoms with van der Waals surface area (Å²) in [7, 11) is 0. The first-order valence-electron chi connectivity index (χ1n) is 9.34. The molecule has 3 aliphatic rings. The van der Waals surface area contributed by atoms with Gasteiger partial charge in [-0.2, -0.15) is 0 Å². The van der Waals surface area contributed by atoms with Crippen molar-refractivity contribution in [1.82, 2.24) is 4.90 Å².